The Kier molecular flexibility index (Phi) is 8.80. The third kappa shape index (κ3) is 6.27. The van der Waals surface area contributed by atoms with Gasteiger partial charge in [-0.3, -0.25) is 4.79 Å². The average Bonchev–Trinajstić information content (AvgIpc) is 3.43. The number of ether oxygens (including phenoxy) is 3. The van der Waals surface area contributed by atoms with E-state index in [4.69, 9.17) is 18.4 Å². The lowest BCUT2D eigenvalue weighted by Gasteiger charge is -2.33. The fourth-order valence-electron chi connectivity index (χ4n) is 6.19. The highest BCUT2D eigenvalue weighted by Crippen LogP contribution is 2.40. The third-order valence-corrected chi connectivity index (χ3v) is 10.0. The maximum absolute atomic E-state index is 13.4. The summed E-state index contributed by atoms with van der Waals surface area (Å²) >= 11 is 0. The van der Waals surface area contributed by atoms with Gasteiger partial charge in [-0.05, 0) is 79.8 Å². The molecule has 2 unspecified atom stereocenters. The molecule has 0 spiro atoms. The summed E-state index contributed by atoms with van der Waals surface area (Å²) in [5.74, 6) is 0.251. The van der Waals surface area contributed by atoms with Gasteiger partial charge >= 0.3 is 16.3 Å². The molecule has 3 atom stereocenters. The zero-order valence-electron chi connectivity index (χ0n) is 26.0. The summed E-state index contributed by atoms with van der Waals surface area (Å²) in [7, 11) is -4.09. The molecule has 3 aromatic carbocycles. The van der Waals surface area contributed by atoms with E-state index in [0.29, 0.717) is 44.3 Å². The minimum absolute atomic E-state index is 0.111. The van der Waals surface area contributed by atoms with Crippen LogP contribution in [-0.4, -0.2) is 60.1 Å². The van der Waals surface area contributed by atoms with Crippen LogP contribution in [0.5, 0.6) is 11.5 Å². The molecular weight excluding hydrogens is 596 g/mol. The van der Waals surface area contributed by atoms with Crippen molar-refractivity contribution in [2.75, 3.05) is 26.4 Å². The molecule has 4 heterocycles. The summed E-state index contributed by atoms with van der Waals surface area (Å²) < 4.78 is 52.8. The Balaban J connectivity index is 1.46. The summed E-state index contributed by atoms with van der Waals surface area (Å²) in [5.41, 5.74) is 6.81. The first kappa shape index (κ1) is 31.0. The van der Waals surface area contributed by atoms with Gasteiger partial charge in [-0.2, -0.15) is 12.7 Å². The van der Waals surface area contributed by atoms with Gasteiger partial charge in [0.05, 0.1) is 44.3 Å². The van der Waals surface area contributed by atoms with Crippen LogP contribution in [0.4, 0.5) is 0 Å². The molecule has 12 heteroatoms. The van der Waals surface area contributed by atoms with E-state index in [9.17, 15) is 13.2 Å². The van der Waals surface area contributed by atoms with Crippen LogP contribution < -0.4 is 8.92 Å². The monoisotopic (exact) mass is 634 g/mol. The van der Waals surface area contributed by atoms with E-state index in [-0.39, 0.29) is 31.5 Å². The number of aromatic nitrogens is 3. The van der Waals surface area contributed by atoms with Crippen molar-refractivity contribution in [1.82, 2.24) is 19.3 Å². The van der Waals surface area contributed by atoms with Gasteiger partial charge in [-0.15, -0.1) is 5.10 Å². The van der Waals surface area contributed by atoms with E-state index >= 15 is 0 Å². The van der Waals surface area contributed by atoms with E-state index in [0.717, 1.165) is 44.4 Å². The molecular formula is C33H38N4O7S. The number of benzene rings is 3. The molecule has 0 radical (unpaired) electrons. The molecule has 45 heavy (non-hydrogen) atoms. The summed E-state index contributed by atoms with van der Waals surface area (Å²) in [6, 6.07) is 14.6. The smallest absolute Gasteiger partial charge is 0.386 e. The van der Waals surface area contributed by atoms with Gasteiger partial charge in [0.25, 0.3) is 0 Å². The maximum atomic E-state index is 13.4. The van der Waals surface area contributed by atoms with Gasteiger partial charge in [0.1, 0.15) is 17.0 Å². The lowest BCUT2D eigenvalue weighted by atomic mass is 9.83. The largest absolute Gasteiger partial charge is 0.493 e. The Bertz CT molecular complexity index is 1840. The molecule has 4 aromatic rings. The number of aryl methyl sites for hydroxylation is 2. The summed E-state index contributed by atoms with van der Waals surface area (Å²) in [6.07, 6.45) is 0.795. The molecule has 7 rings (SSSR count). The molecule has 0 N–H and O–H groups in total. The third-order valence-electron chi connectivity index (χ3n) is 8.61. The van der Waals surface area contributed by atoms with Gasteiger partial charge in [0.2, 0.25) is 0 Å². The van der Waals surface area contributed by atoms with E-state index in [1.54, 1.807) is 19.1 Å². The van der Waals surface area contributed by atoms with Crippen molar-refractivity contribution in [2.45, 2.75) is 65.6 Å². The number of esters is 1. The first-order chi connectivity index (χ1) is 21.7. The van der Waals surface area contributed by atoms with E-state index in [2.05, 4.69) is 10.3 Å². The Labute approximate surface area is 263 Å². The molecule has 1 aromatic heterocycles. The number of hydrogen-bond acceptors (Lipinski definition) is 9. The number of carbonyl (C=O) groups is 1. The van der Waals surface area contributed by atoms with Gasteiger partial charge in [-0.25, -0.2) is 4.68 Å². The molecule has 0 amide bonds. The van der Waals surface area contributed by atoms with Crippen LogP contribution in [0.1, 0.15) is 72.0 Å². The minimum Gasteiger partial charge on any atom is -0.493 e. The van der Waals surface area contributed by atoms with E-state index in [1.165, 1.54) is 4.31 Å². The Hall–Kier alpha value is -4.00. The fourth-order valence-corrected chi connectivity index (χ4v) is 7.48. The highest BCUT2D eigenvalue weighted by Gasteiger charge is 2.37. The Morgan fingerprint density at radius 1 is 1.04 bits per heavy atom. The Morgan fingerprint density at radius 2 is 1.89 bits per heavy atom. The summed E-state index contributed by atoms with van der Waals surface area (Å²) in [5, 5.41) is 8.88. The average molecular weight is 635 g/mol. The van der Waals surface area contributed by atoms with Crippen LogP contribution in [0, 0.1) is 13.8 Å². The molecule has 11 nitrogen and oxygen atoms in total. The molecule has 238 valence electrons. The molecule has 0 saturated heterocycles. The molecule has 0 aliphatic carbocycles. The second kappa shape index (κ2) is 12.8. The second-order valence-corrected chi connectivity index (χ2v) is 13.0. The van der Waals surface area contributed by atoms with Crippen LogP contribution in [0.2, 0.25) is 0 Å². The lowest BCUT2D eigenvalue weighted by molar-refractivity contribution is -0.143. The quantitative estimate of drug-likeness (QED) is 0.282. The number of carbonyl (C=O) groups excluding carboxylic acids is 1. The molecule has 3 aliphatic rings. The molecule has 9 bridgehead atoms. The predicted octanol–water partition coefficient (Wildman–Crippen LogP) is 5.13. The van der Waals surface area contributed by atoms with Crippen molar-refractivity contribution < 1.29 is 31.6 Å². The summed E-state index contributed by atoms with van der Waals surface area (Å²) in [6.45, 7) is 9.97. The van der Waals surface area contributed by atoms with Crippen LogP contribution in [-0.2, 0) is 37.7 Å². The SMILES string of the molecule is CCOC(=O)CC1c2ccc(C)c(c2)[C@@H](C)N2Cc3cc(ccc3OS2(=O)=O)OCCCOCCn2nnc3c(C)c1ccc32. The lowest BCUT2D eigenvalue weighted by Crippen LogP contribution is -2.39. The van der Waals surface area contributed by atoms with Crippen molar-refractivity contribution in [3.05, 3.63) is 81.9 Å². The highest BCUT2D eigenvalue weighted by molar-refractivity contribution is 7.84. The standard InChI is InChI=1S/C33H38N4O7S/c1-5-42-32(38)19-29-24-8-7-21(2)28(18-24)23(4)37-20-25-17-26(9-12-31(25)44-45(37,39)40)43-15-6-14-41-16-13-36-30-11-10-27(29)22(3)33(30)34-35-36/h7-12,17-18,23,29H,5-6,13-16,19-20H2,1-4H3/t23-,29?/m1/s1. The van der Waals surface area contributed by atoms with Gasteiger partial charge in [0.15, 0.2) is 0 Å². The first-order valence-corrected chi connectivity index (χ1v) is 16.7. The first-order valence-electron chi connectivity index (χ1n) is 15.3. The molecule has 3 aliphatic heterocycles. The van der Waals surface area contributed by atoms with E-state index < -0.39 is 16.3 Å². The number of rotatable bonds is 3. The topological polar surface area (TPSA) is 122 Å². The number of hydrogen-bond donors (Lipinski definition) is 0. The Morgan fingerprint density at radius 3 is 2.71 bits per heavy atom. The summed E-state index contributed by atoms with van der Waals surface area (Å²) in [4.78, 5) is 12.9. The normalized spacial score (nSPS) is 21.5. The molecule has 0 saturated carbocycles. The highest BCUT2D eigenvalue weighted by atomic mass is 32.2. The predicted molar refractivity (Wildman–Crippen MR) is 167 cm³/mol. The fraction of sp³-hybridized carbons (Fsp3) is 0.424. The van der Waals surface area contributed by atoms with Gasteiger partial charge in [-0.1, -0.05) is 29.5 Å². The second-order valence-electron chi connectivity index (χ2n) is 11.5. The van der Waals surface area contributed by atoms with Crippen molar-refractivity contribution in [2.24, 2.45) is 0 Å². The van der Waals surface area contributed by atoms with Crippen LogP contribution >= 0.6 is 0 Å². The maximum Gasteiger partial charge on any atom is 0.386 e. The van der Waals surface area contributed by atoms with Crippen molar-refractivity contribution in [1.29, 1.82) is 0 Å². The van der Waals surface area contributed by atoms with Crippen LogP contribution in [0.3, 0.4) is 0 Å². The van der Waals surface area contributed by atoms with Gasteiger partial charge < -0.3 is 18.4 Å². The van der Waals surface area contributed by atoms with Gasteiger partial charge in [0, 0.05) is 31.1 Å². The molecule has 0 fully saturated rings. The van der Waals surface area contributed by atoms with Crippen molar-refractivity contribution >= 4 is 27.3 Å². The van der Waals surface area contributed by atoms with Crippen molar-refractivity contribution in [3.63, 3.8) is 0 Å². The minimum atomic E-state index is -4.09. The zero-order valence-corrected chi connectivity index (χ0v) is 26.8. The van der Waals surface area contributed by atoms with E-state index in [1.807, 2.05) is 61.9 Å². The van der Waals surface area contributed by atoms with Crippen LogP contribution in [0.15, 0.2) is 48.5 Å². The van der Waals surface area contributed by atoms with Crippen molar-refractivity contribution in [3.8, 4) is 11.5 Å². The van der Waals surface area contributed by atoms with Crippen LogP contribution in [0.25, 0.3) is 11.0 Å². The number of nitrogens with zero attached hydrogens (tertiary/aromatic N) is 4. The zero-order chi connectivity index (χ0) is 31.7. The number of fused-ring (bicyclic) bond motifs is 7.